The Balaban J connectivity index is 2.13. The summed E-state index contributed by atoms with van der Waals surface area (Å²) in [5.74, 6) is -0.388. The fraction of sp³-hybridized carbons (Fsp3) is 0.133. The second-order valence-corrected chi connectivity index (χ2v) is 10.7. The van der Waals surface area contributed by atoms with Gasteiger partial charge >= 0.3 is 135 Å². The first-order valence-corrected chi connectivity index (χ1v) is 12.2. The summed E-state index contributed by atoms with van der Waals surface area (Å²) in [5, 5.41) is 0. The zero-order valence-electron chi connectivity index (χ0n) is 11.8. The molecule has 0 saturated carbocycles. The molecule has 0 bridgehead atoms. The molecule has 0 radical (unpaired) electrons. The van der Waals surface area contributed by atoms with Crippen LogP contribution in [-0.2, 0) is 4.74 Å². The van der Waals surface area contributed by atoms with E-state index in [0.717, 1.165) is 15.7 Å². The van der Waals surface area contributed by atoms with E-state index in [4.69, 9.17) is 16.2 Å². The van der Waals surface area contributed by atoms with E-state index in [0.29, 0.717) is 24.4 Å². The topological polar surface area (TPSA) is 78.3 Å². The Bertz CT molecular complexity index is 675. The predicted molar refractivity (Wildman–Crippen MR) is 88.6 cm³/mol. The summed E-state index contributed by atoms with van der Waals surface area (Å²) in [6, 6.07) is 11.7. The number of ether oxygens (including phenoxy) is 1. The van der Waals surface area contributed by atoms with Crippen molar-refractivity contribution in [2.24, 2.45) is 0 Å². The molecule has 0 atom stereocenters. The van der Waals surface area contributed by atoms with E-state index in [1.165, 1.54) is 11.6 Å². The fourth-order valence-corrected chi connectivity index (χ4v) is 7.77. The van der Waals surface area contributed by atoms with Crippen molar-refractivity contribution in [3.63, 3.8) is 0 Å². The molecule has 2 aromatic rings. The van der Waals surface area contributed by atoms with Crippen molar-refractivity contribution in [2.75, 3.05) is 18.6 Å². The third-order valence-corrected chi connectivity index (χ3v) is 10.1. The maximum atomic E-state index is 11.6. The molecule has 2 rings (SSSR count). The summed E-state index contributed by atoms with van der Waals surface area (Å²) in [7, 11) is 1.36. The molecule has 0 aliphatic heterocycles. The third kappa shape index (κ3) is 4.02. The molecule has 0 saturated heterocycles. The van der Waals surface area contributed by atoms with Crippen molar-refractivity contribution >= 4 is 52.5 Å². The van der Waals surface area contributed by atoms with Gasteiger partial charge in [-0.3, -0.25) is 0 Å². The molecule has 0 aromatic heterocycles. The summed E-state index contributed by atoms with van der Waals surface area (Å²) in [6.45, 7) is 2.01. The van der Waals surface area contributed by atoms with Crippen LogP contribution in [0.4, 0.5) is 11.4 Å². The van der Waals surface area contributed by atoms with Gasteiger partial charge in [0.2, 0.25) is 0 Å². The monoisotopic (exact) mass is 416 g/mol. The Hall–Kier alpha value is -1.45. The van der Waals surface area contributed by atoms with Gasteiger partial charge in [-0.25, -0.2) is 0 Å². The molecule has 110 valence electrons. The number of carbonyl (C=O) groups excluding carboxylic acids is 1. The molecule has 0 unspecified atom stereocenters. The number of nitrogen functional groups attached to an aromatic ring is 2. The molecule has 6 heteroatoms. The van der Waals surface area contributed by atoms with Crippen LogP contribution in [0.3, 0.4) is 0 Å². The van der Waals surface area contributed by atoms with Crippen LogP contribution in [0.2, 0.25) is 0 Å². The Kier molecular flexibility index (Phi) is 5.32. The Morgan fingerprint density at radius 1 is 1.00 bits per heavy atom. The molecule has 0 amide bonds. The van der Waals surface area contributed by atoms with Crippen LogP contribution in [0.5, 0.6) is 0 Å². The number of benzene rings is 2. The van der Waals surface area contributed by atoms with E-state index in [2.05, 4.69) is 12.1 Å². The van der Waals surface area contributed by atoms with E-state index < -0.39 is 0 Å². The molecule has 0 aliphatic rings. The SMILES string of the molecule is COC(=O)c1cc([Se][Se]c2ccc(N)c(C)c2)ccc1N. The van der Waals surface area contributed by atoms with Crippen molar-refractivity contribution in [1.29, 1.82) is 0 Å². The quantitative estimate of drug-likeness (QED) is 0.427. The Labute approximate surface area is 135 Å². The molecule has 0 heterocycles. The molecule has 4 N–H and O–H groups in total. The number of carbonyl (C=O) groups is 1. The molecule has 0 aliphatic carbocycles. The summed E-state index contributed by atoms with van der Waals surface area (Å²) in [6.07, 6.45) is 0. The van der Waals surface area contributed by atoms with Crippen molar-refractivity contribution in [2.45, 2.75) is 6.92 Å². The van der Waals surface area contributed by atoms with Crippen molar-refractivity contribution in [1.82, 2.24) is 0 Å². The number of rotatable bonds is 4. The zero-order valence-corrected chi connectivity index (χ0v) is 15.2. The fourth-order valence-electron chi connectivity index (χ4n) is 1.67. The van der Waals surface area contributed by atoms with Crippen LogP contribution in [0, 0.1) is 6.92 Å². The van der Waals surface area contributed by atoms with Gasteiger partial charge in [0.1, 0.15) is 0 Å². The standard InChI is InChI=1S/C15H16N2O2Se2/c1-9-7-10(3-5-13(9)16)20-21-11-4-6-14(17)12(8-11)15(18)19-2/h3-8H,16-17H2,1-2H3. The van der Waals surface area contributed by atoms with Crippen LogP contribution in [-0.4, -0.2) is 39.3 Å². The van der Waals surface area contributed by atoms with Gasteiger partial charge < -0.3 is 0 Å². The number of aryl methyl sites for hydroxylation is 1. The minimum atomic E-state index is -0.388. The van der Waals surface area contributed by atoms with Gasteiger partial charge in [0.05, 0.1) is 0 Å². The first kappa shape index (κ1) is 15.9. The van der Waals surface area contributed by atoms with Crippen molar-refractivity contribution in [3.05, 3.63) is 47.5 Å². The van der Waals surface area contributed by atoms with Gasteiger partial charge in [-0.1, -0.05) is 0 Å². The van der Waals surface area contributed by atoms with Crippen LogP contribution >= 0.6 is 0 Å². The number of methoxy groups -OCH3 is 1. The maximum absolute atomic E-state index is 11.6. The summed E-state index contributed by atoms with van der Waals surface area (Å²) in [4.78, 5) is 11.6. The summed E-state index contributed by atoms with van der Waals surface area (Å²) in [5.41, 5.74) is 14.5. The summed E-state index contributed by atoms with van der Waals surface area (Å²) >= 11 is 0.626. The first-order chi connectivity index (χ1) is 10.0. The van der Waals surface area contributed by atoms with Crippen LogP contribution < -0.4 is 20.4 Å². The van der Waals surface area contributed by atoms with Gasteiger partial charge in [0.25, 0.3) is 0 Å². The van der Waals surface area contributed by atoms with E-state index >= 15 is 0 Å². The summed E-state index contributed by atoms with van der Waals surface area (Å²) < 4.78 is 7.20. The number of anilines is 2. The van der Waals surface area contributed by atoms with E-state index in [9.17, 15) is 4.79 Å². The number of esters is 1. The van der Waals surface area contributed by atoms with Gasteiger partial charge in [-0.05, 0) is 0 Å². The molecule has 4 nitrogen and oxygen atoms in total. The predicted octanol–water partition coefficient (Wildman–Crippen LogP) is 0.220. The number of nitrogens with two attached hydrogens (primary N) is 2. The number of hydrogen-bond donors (Lipinski definition) is 2. The molecule has 21 heavy (non-hydrogen) atoms. The Morgan fingerprint density at radius 3 is 2.14 bits per heavy atom. The van der Waals surface area contributed by atoms with Crippen molar-refractivity contribution < 1.29 is 9.53 Å². The van der Waals surface area contributed by atoms with E-state index in [1.807, 2.05) is 25.1 Å². The molecular formula is C15H16N2O2Se2. The Morgan fingerprint density at radius 2 is 1.57 bits per heavy atom. The van der Waals surface area contributed by atoms with Crippen molar-refractivity contribution in [3.8, 4) is 0 Å². The average molecular weight is 414 g/mol. The second kappa shape index (κ2) is 7.01. The van der Waals surface area contributed by atoms with Gasteiger partial charge in [-0.2, -0.15) is 0 Å². The van der Waals surface area contributed by atoms with Crippen LogP contribution in [0.15, 0.2) is 36.4 Å². The molecule has 0 spiro atoms. The zero-order chi connectivity index (χ0) is 15.4. The van der Waals surface area contributed by atoms with E-state index in [-0.39, 0.29) is 19.1 Å². The van der Waals surface area contributed by atoms with Gasteiger partial charge in [-0.15, -0.1) is 0 Å². The van der Waals surface area contributed by atoms with E-state index in [1.54, 1.807) is 6.07 Å². The molecule has 2 aromatic carbocycles. The minimum absolute atomic E-state index is 0.284. The van der Waals surface area contributed by atoms with Gasteiger partial charge in [0, 0.05) is 0 Å². The van der Waals surface area contributed by atoms with Crippen LogP contribution in [0.1, 0.15) is 15.9 Å². The molecule has 0 fully saturated rings. The first-order valence-electron chi connectivity index (χ1n) is 6.19. The van der Waals surface area contributed by atoms with Crippen LogP contribution in [0.25, 0.3) is 0 Å². The van der Waals surface area contributed by atoms with Gasteiger partial charge in [0.15, 0.2) is 0 Å². The average Bonchev–Trinajstić information content (AvgIpc) is 2.49. The second-order valence-electron chi connectivity index (χ2n) is 4.43. The molecular weight excluding hydrogens is 398 g/mol. The normalized spacial score (nSPS) is 10.4. The number of hydrogen-bond acceptors (Lipinski definition) is 4. The third-order valence-electron chi connectivity index (χ3n) is 2.91.